The summed E-state index contributed by atoms with van der Waals surface area (Å²) in [6.07, 6.45) is -1.10. The number of ether oxygens (including phenoxy) is 1. The van der Waals surface area contributed by atoms with Crippen molar-refractivity contribution in [2.45, 2.75) is 13.0 Å². The van der Waals surface area contributed by atoms with Crippen LogP contribution >= 0.6 is 23.2 Å². The highest BCUT2D eigenvalue weighted by Crippen LogP contribution is 2.26. The van der Waals surface area contributed by atoms with E-state index in [1.807, 2.05) is 0 Å². The van der Waals surface area contributed by atoms with Crippen LogP contribution in [0.25, 0.3) is 0 Å². The van der Waals surface area contributed by atoms with Crippen LogP contribution in [0.2, 0.25) is 10.0 Å². The number of carbonyl (C=O) groups excluding carboxylic acids is 2. The van der Waals surface area contributed by atoms with Gasteiger partial charge in [-0.05, 0) is 31.2 Å². The summed E-state index contributed by atoms with van der Waals surface area (Å²) >= 11 is 11.7. The predicted molar refractivity (Wildman–Crippen MR) is 95.3 cm³/mol. The lowest BCUT2D eigenvalue weighted by molar-refractivity contribution is -0.386. The van der Waals surface area contributed by atoms with E-state index in [2.05, 4.69) is 10.9 Å². The Morgan fingerprint density at radius 2 is 1.85 bits per heavy atom. The van der Waals surface area contributed by atoms with Crippen LogP contribution in [0.3, 0.4) is 0 Å². The van der Waals surface area contributed by atoms with Gasteiger partial charge in [0.25, 0.3) is 11.8 Å². The minimum absolute atomic E-state index is 0.0628. The molecule has 0 saturated carbocycles. The Hall–Kier alpha value is -2.84. The van der Waals surface area contributed by atoms with Crippen LogP contribution in [0.4, 0.5) is 5.69 Å². The van der Waals surface area contributed by atoms with Gasteiger partial charge in [0.2, 0.25) is 0 Å². The molecule has 26 heavy (non-hydrogen) atoms. The Bertz CT molecular complexity index is 860. The SMILES string of the molecule is CC(Oc1ccccc1[N+](=O)[O-])C(=O)NNC(=O)c1ccc(Cl)cc1Cl. The number of hydrogen-bond donors (Lipinski definition) is 2. The van der Waals surface area contributed by atoms with E-state index in [1.165, 1.54) is 49.4 Å². The monoisotopic (exact) mass is 397 g/mol. The number of para-hydroxylation sites is 2. The maximum atomic E-state index is 12.0. The maximum Gasteiger partial charge on any atom is 0.310 e. The molecule has 8 nitrogen and oxygen atoms in total. The van der Waals surface area contributed by atoms with E-state index in [0.29, 0.717) is 5.02 Å². The van der Waals surface area contributed by atoms with E-state index < -0.39 is 22.8 Å². The van der Waals surface area contributed by atoms with Gasteiger partial charge in [0.15, 0.2) is 11.9 Å². The van der Waals surface area contributed by atoms with Gasteiger partial charge in [-0.25, -0.2) is 0 Å². The molecule has 0 fully saturated rings. The number of benzene rings is 2. The van der Waals surface area contributed by atoms with E-state index in [4.69, 9.17) is 27.9 Å². The van der Waals surface area contributed by atoms with Crippen LogP contribution in [0.1, 0.15) is 17.3 Å². The molecule has 1 unspecified atom stereocenters. The zero-order valence-electron chi connectivity index (χ0n) is 13.4. The van der Waals surface area contributed by atoms with Gasteiger partial charge in [0.1, 0.15) is 0 Å². The van der Waals surface area contributed by atoms with E-state index >= 15 is 0 Å². The lowest BCUT2D eigenvalue weighted by Gasteiger charge is -2.15. The van der Waals surface area contributed by atoms with E-state index in [-0.39, 0.29) is 22.0 Å². The fourth-order valence-corrected chi connectivity index (χ4v) is 2.41. The second-order valence-electron chi connectivity index (χ2n) is 5.05. The van der Waals surface area contributed by atoms with Gasteiger partial charge in [-0.3, -0.25) is 30.6 Å². The Morgan fingerprint density at radius 3 is 2.50 bits per heavy atom. The first-order chi connectivity index (χ1) is 12.3. The highest BCUT2D eigenvalue weighted by Gasteiger charge is 2.21. The lowest BCUT2D eigenvalue weighted by Crippen LogP contribution is -2.47. The predicted octanol–water partition coefficient (Wildman–Crippen LogP) is 3.13. The zero-order valence-corrected chi connectivity index (χ0v) is 14.9. The number of amides is 2. The molecule has 2 aromatic rings. The Morgan fingerprint density at radius 1 is 1.15 bits per heavy atom. The van der Waals surface area contributed by atoms with Crippen molar-refractivity contribution < 1.29 is 19.2 Å². The highest BCUT2D eigenvalue weighted by atomic mass is 35.5. The molecule has 136 valence electrons. The third-order valence-electron chi connectivity index (χ3n) is 3.21. The van der Waals surface area contributed by atoms with Gasteiger partial charge in [-0.1, -0.05) is 35.3 Å². The summed E-state index contributed by atoms with van der Waals surface area (Å²) < 4.78 is 5.30. The van der Waals surface area contributed by atoms with E-state index in [0.717, 1.165) is 0 Å². The normalized spacial score (nSPS) is 11.3. The molecule has 0 aliphatic rings. The first kappa shape index (κ1) is 19.5. The molecule has 1 atom stereocenters. The molecule has 0 spiro atoms. The average molecular weight is 398 g/mol. The lowest BCUT2D eigenvalue weighted by atomic mass is 10.2. The Labute approximate surface area is 158 Å². The van der Waals surface area contributed by atoms with Crippen molar-refractivity contribution in [1.82, 2.24) is 10.9 Å². The second-order valence-corrected chi connectivity index (χ2v) is 5.90. The molecule has 0 radical (unpaired) electrons. The van der Waals surface area contributed by atoms with Crippen LogP contribution in [0.15, 0.2) is 42.5 Å². The van der Waals surface area contributed by atoms with Crippen molar-refractivity contribution in [2.75, 3.05) is 0 Å². The number of nitrogens with one attached hydrogen (secondary N) is 2. The van der Waals surface area contributed by atoms with Crippen molar-refractivity contribution in [2.24, 2.45) is 0 Å². The van der Waals surface area contributed by atoms with Crippen molar-refractivity contribution in [3.63, 3.8) is 0 Å². The molecule has 0 saturated heterocycles. The number of nitro benzene ring substituents is 1. The average Bonchev–Trinajstić information content (AvgIpc) is 2.59. The number of nitro groups is 1. The summed E-state index contributed by atoms with van der Waals surface area (Å²) in [5.41, 5.74) is 4.19. The molecule has 10 heteroatoms. The summed E-state index contributed by atoms with van der Waals surface area (Å²) in [5, 5.41) is 11.4. The number of carbonyl (C=O) groups is 2. The van der Waals surface area contributed by atoms with Crippen LogP contribution in [-0.4, -0.2) is 22.8 Å². The van der Waals surface area contributed by atoms with Crippen molar-refractivity contribution >= 4 is 40.7 Å². The summed E-state index contributed by atoms with van der Waals surface area (Å²) in [6.45, 7) is 1.38. The fourth-order valence-electron chi connectivity index (χ4n) is 1.91. The maximum absolute atomic E-state index is 12.0. The minimum Gasteiger partial charge on any atom is -0.474 e. The van der Waals surface area contributed by atoms with Crippen LogP contribution in [0.5, 0.6) is 5.75 Å². The topological polar surface area (TPSA) is 111 Å². The summed E-state index contributed by atoms with van der Waals surface area (Å²) in [4.78, 5) is 34.4. The third kappa shape index (κ3) is 4.84. The molecule has 0 aliphatic carbocycles. The van der Waals surface area contributed by atoms with Crippen molar-refractivity contribution in [3.8, 4) is 5.75 Å². The fraction of sp³-hybridized carbons (Fsp3) is 0.125. The molecule has 0 aliphatic heterocycles. The molecular formula is C16H13Cl2N3O5. The summed E-state index contributed by atoms with van der Waals surface area (Å²) in [5.74, 6) is -1.42. The van der Waals surface area contributed by atoms with Gasteiger partial charge in [0.05, 0.1) is 15.5 Å². The van der Waals surface area contributed by atoms with E-state index in [1.54, 1.807) is 0 Å². The summed E-state index contributed by atoms with van der Waals surface area (Å²) in [7, 11) is 0. The van der Waals surface area contributed by atoms with Gasteiger partial charge in [-0.15, -0.1) is 0 Å². The third-order valence-corrected chi connectivity index (χ3v) is 3.76. The largest absolute Gasteiger partial charge is 0.474 e. The van der Waals surface area contributed by atoms with Crippen LogP contribution in [-0.2, 0) is 4.79 Å². The second kappa shape index (κ2) is 8.50. The quantitative estimate of drug-likeness (QED) is 0.594. The highest BCUT2D eigenvalue weighted by molar-refractivity contribution is 6.36. The van der Waals surface area contributed by atoms with E-state index in [9.17, 15) is 19.7 Å². The molecule has 2 N–H and O–H groups in total. The van der Waals surface area contributed by atoms with Gasteiger partial charge in [-0.2, -0.15) is 0 Å². The molecule has 2 amide bonds. The number of hydrogen-bond acceptors (Lipinski definition) is 5. The van der Waals surface area contributed by atoms with Gasteiger partial charge in [0, 0.05) is 11.1 Å². The minimum atomic E-state index is -1.10. The first-order valence-corrected chi connectivity index (χ1v) is 8.00. The molecule has 0 aromatic heterocycles. The number of rotatable bonds is 5. The first-order valence-electron chi connectivity index (χ1n) is 7.25. The molecule has 0 bridgehead atoms. The number of hydrazine groups is 1. The van der Waals surface area contributed by atoms with Gasteiger partial charge < -0.3 is 4.74 Å². The molecule has 2 rings (SSSR count). The van der Waals surface area contributed by atoms with Crippen molar-refractivity contribution in [1.29, 1.82) is 0 Å². The Balaban J connectivity index is 1.97. The molecule has 2 aromatic carbocycles. The zero-order chi connectivity index (χ0) is 19.3. The smallest absolute Gasteiger partial charge is 0.310 e. The standard InChI is InChI=1S/C16H13Cl2N3O5/c1-9(26-14-5-3-2-4-13(14)21(24)25)15(22)19-20-16(23)11-7-6-10(17)8-12(11)18/h2-9H,1H3,(H,19,22)(H,20,23). The number of nitrogens with zero attached hydrogens (tertiary/aromatic N) is 1. The van der Waals surface area contributed by atoms with Crippen LogP contribution in [0, 0.1) is 10.1 Å². The van der Waals surface area contributed by atoms with Gasteiger partial charge >= 0.3 is 5.69 Å². The molecular weight excluding hydrogens is 385 g/mol. The van der Waals surface area contributed by atoms with Crippen molar-refractivity contribution in [3.05, 3.63) is 68.2 Å². The number of halogens is 2. The summed E-state index contributed by atoms with van der Waals surface area (Å²) in [6, 6.07) is 9.91. The Kier molecular flexibility index (Phi) is 6.37. The van der Waals surface area contributed by atoms with Crippen LogP contribution < -0.4 is 15.6 Å². The molecule has 0 heterocycles.